The molecule has 0 saturated carbocycles. The Morgan fingerprint density at radius 1 is 1.25 bits per heavy atom. The molecule has 0 atom stereocenters. The quantitative estimate of drug-likeness (QED) is 0.877. The summed E-state index contributed by atoms with van der Waals surface area (Å²) < 4.78 is 0. The van der Waals surface area contributed by atoms with Crippen molar-refractivity contribution in [1.29, 1.82) is 0 Å². The first kappa shape index (κ1) is 10.9. The Kier molecular flexibility index (Phi) is 3.09. The molecule has 0 bridgehead atoms. The summed E-state index contributed by atoms with van der Waals surface area (Å²) in [5.74, 6) is 1.56. The number of hydrogen-bond acceptors (Lipinski definition) is 5. The van der Waals surface area contributed by atoms with Crippen LogP contribution in [0.3, 0.4) is 0 Å². The topological polar surface area (TPSA) is 48.1 Å². The second-order valence-corrected chi connectivity index (χ2v) is 4.83. The number of H-pyrrole nitrogens is 1. The third-order valence-electron chi connectivity index (χ3n) is 2.22. The Hall–Kier alpha value is -1.56. The highest BCUT2D eigenvalue weighted by Gasteiger charge is 2.09. The number of anilines is 2. The molecule has 0 aliphatic rings. The molecule has 0 saturated heterocycles. The van der Waals surface area contributed by atoms with Crippen LogP contribution in [0, 0.1) is 0 Å². The van der Waals surface area contributed by atoms with Gasteiger partial charge in [-0.1, -0.05) is 6.07 Å². The van der Waals surface area contributed by atoms with Gasteiger partial charge in [-0.05, 0) is 11.4 Å². The molecule has 2 heterocycles. The molecule has 0 aromatic carbocycles. The van der Waals surface area contributed by atoms with Crippen LogP contribution in [-0.2, 0) is 6.54 Å². The number of aromatic amines is 1. The van der Waals surface area contributed by atoms with Crippen LogP contribution >= 0.6 is 11.3 Å². The molecule has 86 valence electrons. The Morgan fingerprint density at radius 2 is 2.00 bits per heavy atom. The maximum atomic E-state index is 4.10. The van der Waals surface area contributed by atoms with Crippen LogP contribution in [0.25, 0.3) is 0 Å². The first-order valence-corrected chi connectivity index (χ1v) is 5.88. The fourth-order valence-electron chi connectivity index (χ4n) is 1.33. The summed E-state index contributed by atoms with van der Waals surface area (Å²) in [4.78, 5) is 8.42. The average molecular weight is 237 g/mol. The van der Waals surface area contributed by atoms with Gasteiger partial charge in [0, 0.05) is 26.0 Å². The van der Waals surface area contributed by atoms with Gasteiger partial charge in [-0.15, -0.1) is 21.5 Å². The molecule has 2 rings (SSSR count). The standard InChI is InChI=1S/C10H15N5S/c1-14(2)9-11-10(13-12-9)15(3)7-8-5-4-6-16-8/h4-6H,7H2,1-3H3,(H,11,12,13). The van der Waals surface area contributed by atoms with Gasteiger partial charge in [-0.25, -0.2) is 0 Å². The number of thiophene rings is 1. The van der Waals surface area contributed by atoms with E-state index in [1.54, 1.807) is 11.3 Å². The molecule has 0 radical (unpaired) electrons. The summed E-state index contributed by atoms with van der Waals surface area (Å²) in [7, 11) is 5.87. The highest BCUT2D eigenvalue weighted by atomic mass is 32.1. The number of nitrogens with zero attached hydrogens (tertiary/aromatic N) is 4. The first-order chi connectivity index (χ1) is 7.66. The zero-order valence-electron chi connectivity index (χ0n) is 9.64. The molecule has 0 unspecified atom stereocenters. The van der Waals surface area contributed by atoms with Gasteiger partial charge < -0.3 is 9.80 Å². The monoisotopic (exact) mass is 237 g/mol. The minimum atomic E-state index is 0.771. The number of rotatable bonds is 4. The van der Waals surface area contributed by atoms with Crippen molar-refractivity contribution in [1.82, 2.24) is 15.2 Å². The van der Waals surface area contributed by atoms with Crippen LogP contribution in [0.1, 0.15) is 4.88 Å². The van der Waals surface area contributed by atoms with E-state index in [0.717, 1.165) is 18.4 Å². The maximum absolute atomic E-state index is 4.10. The van der Waals surface area contributed by atoms with Gasteiger partial charge in [0.25, 0.3) is 0 Å². The predicted molar refractivity (Wildman–Crippen MR) is 67.1 cm³/mol. The summed E-state index contributed by atoms with van der Waals surface area (Å²) in [5, 5.41) is 10.2. The molecule has 6 heteroatoms. The summed E-state index contributed by atoms with van der Waals surface area (Å²) in [6, 6.07) is 4.17. The molecular formula is C10H15N5S. The fourth-order valence-corrected chi connectivity index (χ4v) is 2.09. The van der Waals surface area contributed by atoms with Crippen molar-refractivity contribution in [3.63, 3.8) is 0 Å². The maximum Gasteiger partial charge on any atom is 0.226 e. The highest BCUT2D eigenvalue weighted by molar-refractivity contribution is 7.09. The van der Waals surface area contributed by atoms with E-state index in [0.29, 0.717) is 0 Å². The lowest BCUT2D eigenvalue weighted by molar-refractivity contribution is 0.882. The number of nitrogens with one attached hydrogen (secondary N) is 1. The lowest BCUT2D eigenvalue weighted by Gasteiger charge is -2.14. The van der Waals surface area contributed by atoms with E-state index in [1.165, 1.54) is 4.88 Å². The lowest BCUT2D eigenvalue weighted by atomic mass is 10.4. The van der Waals surface area contributed by atoms with Crippen molar-refractivity contribution in [2.45, 2.75) is 6.54 Å². The van der Waals surface area contributed by atoms with E-state index in [4.69, 9.17) is 0 Å². The Bertz CT molecular complexity index is 434. The van der Waals surface area contributed by atoms with E-state index in [9.17, 15) is 0 Å². The lowest BCUT2D eigenvalue weighted by Crippen LogP contribution is -2.17. The molecule has 0 amide bonds. The summed E-state index contributed by atoms with van der Waals surface area (Å²) in [6.45, 7) is 0.847. The second kappa shape index (κ2) is 4.52. The van der Waals surface area contributed by atoms with E-state index >= 15 is 0 Å². The minimum absolute atomic E-state index is 0.771. The molecule has 0 spiro atoms. The number of hydrogen-bond donors (Lipinski definition) is 1. The van der Waals surface area contributed by atoms with Gasteiger partial charge in [0.2, 0.25) is 11.9 Å². The van der Waals surface area contributed by atoms with Gasteiger partial charge in [0.05, 0.1) is 6.54 Å². The minimum Gasteiger partial charge on any atom is -0.347 e. The zero-order chi connectivity index (χ0) is 11.5. The van der Waals surface area contributed by atoms with Gasteiger partial charge in [-0.2, -0.15) is 0 Å². The van der Waals surface area contributed by atoms with Crippen LogP contribution in [0.4, 0.5) is 11.9 Å². The molecule has 16 heavy (non-hydrogen) atoms. The molecule has 2 aromatic heterocycles. The van der Waals surface area contributed by atoms with E-state index in [-0.39, 0.29) is 0 Å². The first-order valence-electron chi connectivity index (χ1n) is 5.00. The van der Waals surface area contributed by atoms with Crippen molar-refractivity contribution in [2.75, 3.05) is 30.9 Å². The Balaban J connectivity index is 2.06. The predicted octanol–water partition coefficient (Wildman–Crippen LogP) is 1.57. The van der Waals surface area contributed by atoms with Crippen molar-refractivity contribution < 1.29 is 0 Å². The molecule has 0 aliphatic heterocycles. The smallest absolute Gasteiger partial charge is 0.226 e. The second-order valence-electron chi connectivity index (χ2n) is 3.80. The van der Waals surface area contributed by atoms with Crippen LogP contribution in [0.5, 0.6) is 0 Å². The highest BCUT2D eigenvalue weighted by Crippen LogP contribution is 2.15. The molecule has 1 N–H and O–H groups in total. The molecular weight excluding hydrogens is 222 g/mol. The van der Waals surface area contributed by atoms with E-state index < -0.39 is 0 Å². The largest absolute Gasteiger partial charge is 0.347 e. The Morgan fingerprint density at radius 3 is 2.56 bits per heavy atom. The van der Waals surface area contributed by atoms with Gasteiger partial charge in [-0.3, -0.25) is 4.98 Å². The summed E-state index contributed by atoms with van der Waals surface area (Å²) in [6.07, 6.45) is 0. The average Bonchev–Trinajstić information content (AvgIpc) is 2.86. The van der Waals surface area contributed by atoms with Crippen molar-refractivity contribution in [2.24, 2.45) is 0 Å². The Labute approximate surface area is 98.7 Å². The number of aromatic nitrogens is 3. The van der Waals surface area contributed by atoms with Crippen molar-refractivity contribution >= 4 is 23.2 Å². The normalized spacial score (nSPS) is 10.4. The summed E-state index contributed by atoms with van der Waals surface area (Å²) >= 11 is 1.74. The summed E-state index contributed by atoms with van der Waals surface area (Å²) in [5.41, 5.74) is 0. The molecule has 0 fully saturated rings. The molecule has 5 nitrogen and oxygen atoms in total. The van der Waals surface area contributed by atoms with Crippen LogP contribution in [-0.4, -0.2) is 36.3 Å². The third kappa shape index (κ3) is 2.33. The van der Waals surface area contributed by atoms with Crippen LogP contribution in [0.15, 0.2) is 17.5 Å². The van der Waals surface area contributed by atoms with Crippen LogP contribution < -0.4 is 9.80 Å². The van der Waals surface area contributed by atoms with Gasteiger partial charge in [0.1, 0.15) is 0 Å². The van der Waals surface area contributed by atoms with E-state index in [2.05, 4.69) is 32.7 Å². The van der Waals surface area contributed by atoms with Gasteiger partial charge >= 0.3 is 0 Å². The van der Waals surface area contributed by atoms with E-state index in [1.807, 2.05) is 30.9 Å². The SMILES string of the molecule is CN(C)c1nnc(N(C)Cc2cccs2)[nH]1. The third-order valence-corrected chi connectivity index (χ3v) is 3.08. The van der Waals surface area contributed by atoms with Gasteiger partial charge in [0.15, 0.2) is 0 Å². The zero-order valence-corrected chi connectivity index (χ0v) is 10.5. The van der Waals surface area contributed by atoms with Crippen molar-refractivity contribution in [3.05, 3.63) is 22.4 Å². The van der Waals surface area contributed by atoms with Crippen molar-refractivity contribution in [3.8, 4) is 0 Å². The molecule has 0 aliphatic carbocycles. The fraction of sp³-hybridized carbons (Fsp3) is 0.400. The molecule has 2 aromatic rings. The van der Waals surface area contributed by atoms with Crippen LogP contribution in [0.2, 0.25) is 0 Å².